The number of rotatable bonds is 4. The second-order valence-electron chi connectivity index (χ2n) is 5.41. The summed E-state index contributed by atoms with van der Waals surface area (Å²) in [6.45, 7) is 1.71. The van der Waals surface area contributed by atoms with Crippen molar-refractivity contribution in [1.82, 2.24) is 10.2 Å². The Morgan fingerprint density at radius 3 is 2.78 bits per heavy atom. The quantitative estimate of drug-likeness (QED) is 0.777. The number of aromatic nitrogens is 2. The molecule has 1 saturated heterocycles. The third-order valence-corrected chi connectivity index (χ3v) is 4.58. The van der Waals surface area contributed by atoms with Gasteiger partial charge in [0.25, 0.3) is 5.91 Å². The summed E-state index contributed by atoms with van der Waals surface area (Å²) in [5.41, 5.74) is 1.62. The highest BCUT2D eigenvalue weighted by Gasteiger charge is 2.36. The molecule has 2 heterocycles. The first-order valence-corrected chi connectivity index (χ1v) is 8.04. The van der Waals surface area contributed by atoms with Gasteiger partial charge in [-0.25, -0.2) is 0 Å². The highest BCUT2D eigenvalue weighted by Crippen LogP contribution is 2.35. The molecule has 0 spiro atoms. The van der Waals surface area contributed by atoms with Gasteiger partial charge in [0.2, 0.25) is 5.13 Å². The molecule has 0 bridgehead atoms. The molecule has 23 heavy (non-hydrogen) atoms. The number of aliphatic hydroxyl groups excluding tert-OH is 2. The molecule has 1 aromatic carbocycles. The maximum atomic E-state index is 12.1. The van der Waals surface area contributed by atoms with E-state index in [1.54, 1.807) is 12.1 Å². The van der Waals surface area contributed by atoms with Gasteiger partial charge in [0, 0.05) is 12.0 Å². The molecule has 1 aromatic heterocycles. The molecule has 0 radical (unpaired) electrons. The first kappa shape index (κ1) is 16.0. The summed E-state index contributed by atoms with van der Waals surface area (Å²) in [6.07, 6.45) is -1.38. The number of carbonyl (C=O) groups excluding carboxylic acids is 1. The number of hydrogen-bond donors (Lipinski definition) is 3. The van der Waals surface area contributed by atoms with Gasteiger partial charge in [-0.05, 0) is 19.1 Å². The van der Waals surface area contributed by atoms with Crippen LogP contribution in [0.5, 0.6) is 0 Å². The average Bonchev–Trinajstić information content (AvgIpc) is 3.14. The van der Waals surface area contributed by atoms with Crippen LogP contribution < -0.4 is 5.32 Å². The lowest BCUT2D eigenvalue weighted by Gasteiger charge is -2.09. The predicted molar refractivity (Wildman–Crippen MR) is 84.4 cm³/mol. The number of nitrogens with one attached hydrogen (secondary N) is 1. The fourth-order valence-corrected chi connectivity index (χ4v) is 3.13. The summed E-state index contributed by atoms with van der Waals surface area (Å²) >= 11 is 1.20. The SMILES string of the molecule is Cc1ccc(C(=O)Nc2nnc([C@H]3C[C@H](O)[C@@H](CO)O3)s2)cc1. The lowest BCUT2D eigenvalue weighted by Crippen LogP contribution is -2.24. The zero-order chi connectivity index (χ0) is 16.4. The summed E-state index contributed by atoms with van der Waals surface area (Å²) in [7, 11) is 0. The maximum absolute atomic E-state index is 12.1. The van der Waals surface area contributed by atoms with Crippen LogP contribution in [-0.2, 0) is 4.74 Å². The van der Waals surface area contributed by atoms with Gasteiger partial charge in [0.15, 0.2) is 0 Å². The van der Waals surface area contributed by atoms with Crippen molar-refractivity contribution < 1.29 is 19.7 Å². The number of hydrogen-bond acceptors (Lipinski definition) is 7. The highest BCUT2D eigenvalue weighted by molar-refractivity contribution is 7.15. The number of anilines is 1. The molecular formula is C15H17N3O4S. The van der Waals surface area contributed by atoms with E-state index in [9.17, 15) is 9.90 Å². The zero-order valence-electron chi connectivity index (χ0n) is 12.5. The van der Waals surface area contributed by atoms with Crippen molar-refractivity contribution in [1.29, 1.82) is 0 Å². The minimum atomic E-state index is -0.723. The van der Waals surface area contributed by atoms with Crippen LogP contribution in [0.25, 0.3) is 0 Å². The Balaban J connectivity index is 1.65. The molecule has 0 aliphatic carbocycles. The normalized spacial score (nSPS) is 23.9. The number of carbonyl (C=O) groups is 1. The van der Waals surface area contributed by atoms with Crippen LogP contribution >= 0.6 is 11.3 Å². The smallest absolute Gasteiger partial charge is 0.257 e. The van der Waals surface area contributed by atoms with Crippen LogP contribution in [-0.4, -0.2) is 45.1 Å². The van der Waals surface area contributed by atoms with Crippen molar-refractivity contribution in [3.8, 4) is 0 Å². The van der Waals surface area contributed by atoms with E-state index < -0.39 is 18.3 Å². The van der Waals surface area contributed by atoms with Crippen LogP contribution in [0.1, 0.15) is 33.5 Å². The molecule has 1 aliphatic heterocycles. The predicted octanol–water partition coefficient (Wildman–Crippen LogP) is 1.28. The number of aliphatic hydroxyl groups is 2. The van der Waals surface area contributed by atoms with Gasteiger partial charge in [-0.2, -0.15) is 0 Å². The van der Waals surface area contributed by atoms with Gasteiger partial charge < -0.3 is 14.9 Å². The molecule has 3 rings (SSSR count). The van der Waals surface area contributed by atoms with Crippen LogP contribution in [0.4, 0.5) is 5.13 Å². The van der Waals surface area contributed by atoms with E-state index >= 15 is 0 Å². The van der Waals surface area contributed by atoms with Gasteiger partial charge in [-0.15, -0.1) is 10.2 Å². The molecular weight excluding hydrogens is 318 g/mol. The van der Waals surface area contributed by atoms with Crippen molar-refractivity contribution in [2.45, 2.75) is 31.7 Å². The van der Waals surface area contributed by atoms with Gasteiger partial charge >= 0.3 is 0 Å². The topological polar surface area (TPSA) is 105 Å². The summed E-state index contributed by atoms with van der Waals surface area (Å²) in [6, 6.07) is 7.22. The summed E-state index contributed by atoms with van der Waals surface area (Å²) < 4.78 is 5.52. The molecule has 1 amide bonds. The summed E-state index contributed by atoms with van der Waals surface area (Å²) in [5.74, 6) is -0.256. The summed E-state index contributed by atoms with van der Waals surface area (Å²) in [5, 5.41) is 30.4. The Morgan fingerprint density at radius 1 is 1.39 bits per heavy atom. The van der Waals surface area contributed by atoms with Gasteiger partial charge in [0.1, 0.15) is 17.2 Å². The maximum Gasteiger partial charge on any atom is 0.257 e. The zero-order valence-corrected chi connectivity index (χ0v) is 13.3. The van der Waals surface area contributed by atoms with Gasteiger partial charge in [-0.1, -0.05) is 29.0 Å². The van der Waals surface area contributed by atoms with Crippen molar-refractivity contribution in [2.75, 3.05) is 11.9 Å². The Kier molecular flexibility index (Phi) is 4.67. The largest absolute Gasteiger partial charge is 0.394 e. The second-order valence-corrected chi connectivity index (χ2v) is 6.42. The molecule has 3 N–H and O–H groups in total. The number of aryl methyl sites for hydroxylation is 1. The third kappa shape index (κ3) is 3.56. The molecule has 7 nitrogen and oxygen atoms in total. The van der Waals surface area contributed by atoms with E-state index in [-0.39, 0.29) is 12.5 Å². The van der Waals surface area contributed by atoms with Crippen molar-refractivity contribution in [3.63, 3.8) is 0 Å². The molecule has 0 unspecified atom stereocenters. The van der Waals surface area contributed by atoms with Crippen LogP contribution in [0, 0.1) is 6.92 Å². The van der Waals surface area contributed by atoms with E-state index in [4.69, 9.17) is 9.84 Å². The monoisotopic (exact) mass is 335 g/mol. The number of amides is 1. The van der Waals surface area contributed by atoms with Crippen LogP contribution in [0.2, 0.25) is 0 Å². The Bertz CT molecular complexity index is 688. The number of benzene rings is 1. The van der Waals surface area contributed by atoms with Crippen molar-refractivity contribution >= 4 is 22.4 Å². The minimum absolute atomic E-state index is 0.243. The number of ether oxygens (including phenoxy) is 1. The highest BCUT2D eigenvalue weighted by atomic mass is 32.1. The molecule has 1 aliphatic rings. The fourth-order valence-electron chi connectivity index (χ4n) is 2.34. The molecule has 2 aromatic rings. The van der Waals surface area contributed by atoms with Crippen LogP contribution in [0.3, 0.4) is 0 Å². The lowest BCUT2D eigenvalue weighted by atomic mass is 10.1. The van der Waals surface area contributed by atoms with E-state index in [1.165, 1.54) is 11.3 Å². The molecule has 8 heteroatoms. The molecule has 3 atom stereocenters. The first-order chi connectivity index (χ1) is 11.1. The first-order valence-electron chi connectivity index (χ1n) is 7.22. The second kappa shape index (κ2) is 6.71. The number of nitrogens with zero attached hydrogens (tertiary/aromatic N) is 2. The van der Waals surface area contributed by atoms with Crippen molar-refractivity contribution in [2.24, 2.45) is 0 Å². The fraction of sp³-hybridized carbons (Fsp3) is 0.400. The lowest BCUT2D eigenvalue weighted by molar-refractivity contribution is -0.0227. The van der Waals surface area contributed by atoms with Gasteiger partial charge in [0.05, 0.1) is 12.7 Å². The summed E-state index contributed by atoms with van der Waals surface area (Å²) in [4.78, 5) is 12.1. The Morgan fingerprint density at radius 2 is 2.13 bits per heavy atom. The molecule has 1 fully saturated rings. The van der Waals surface area contributed by atoms with E-state index in [0.29, 0.717) is 22.1 Å². The van der Waals surface area contributed by atoms with Crippen molar-refractivity contribution in [3.05, 3.63) is 40.4 Å². The third-order valence-electron chi connectivity index (χ3n) is 3.65. The standard InChI is InChI=1S/C15H17N3O4S/c1-8-2-4-9(5-3-8)13(21)16-15-18-17-14(23-15)11-6-10(20)12(7-19)22-11/h2-5,10-12,19-20H,6-7H2,1H3,(H,16,18,21)/t10-,11+,12+/m0/s1. The van der Waals surface area contributed by atoms with Gasteiger partial charge in [-0.3, -0.25) is 10.1 Å². The Labute approximate surface area is 136 Å². The van der Waals surface area contributed by atoms with E-state index in [1.807, 2.05) is 19.1 Å². The minimum Gasteiger partial charge on any atom is -0.394 e. The Hall–Kier alpha value is -1.87. The average molecular weight is 335 g/mol. The van der Waals surface area contributed by atoms with Crippen LogP contribution in [0.15, 0.2) is 24.3 Å². The molecule has 0 saturated carbocycles. The molecule has 122 valence electrons. The van der Waals surface area contributed by atoms with E-state index in [0.717, 1.165) is 5.56 Å². The van der Waals surface area contributed by atoms with E-state index in [2.05, 4.69) is 15.5 Å².